The zero-order valence-electron chi connectivity index (χ0n) is 11.3. The van der Waals surface area contributed by atoms with Crippen LogP contribution in [-0.2, 0) is 4.52 Å². The topological polar surface area (TPSA) is 42.1 Å². The Balaban J connectivity index is 1.92. The van der Waals surface area contributed by atoms with Crippen LogP contribution < -0.4 is 10.6 Å². The van der Waals surface area contributed by atoms with Crippen molar-refractivity contribution >= 4 is 24.7 Å². The van der Waals surface area contributed by atoms with E-state index in [0.717, 1.165) is 10.6 Å². The number of carbonyl (C=O) groups is 1. The van der Waals surface area contributed by atoms with Gasteiger partial charge in [-0.1, -0.05) is 60.7 Å². The molecule has 0 spiro atoms. The van der Waals surface area contributed by atoms with E-state index in [1.807, 2.05) is 60.7 Å². The van der Waals surface area contributed by atoms with Crippen LogP contribution in [0.2, 0.25) is 0 Å². The van der Waals surface area contributed by atoms with Crippen molar-refractivity contribution < 1.29 is 9.32 Å². The zero-order valence-corrected chi connectivity index (χ0v) is 12.2. The number of benzene rings is 2. The Bertz CT molecular complexity index is 657. The van der Waals surface area contributed by atoms with Crippen LogP contribution in [0.25, 0.3) is 0 Å². The average molecular weight is 295 g/mol. The molecule has 0 aliphatic heterocycles. The predicted molar refractivity (Wildman–Crippen MR) is 85.3 cm³/mol. The molecule has 3 rings (SSSR count). The number of aromatic nitrogens is 1. The largest absolute Gasteiger partial charge is 0.430 e. The van der Waals surface area contributed by atoms with Gasteiger partial charge in [0.05, 0.1) is 0 Å². The first kappa shape index (κ1) is 13.6. The van der Waals surface area contributed by atoms with E-state index in [-0.39, 0.29) is 5.97 Å². The maximum atomic E-state index is 12.2. The summed E-state index contributed by atoms with van der Waals surface area (Å²) in [4.78, 5) is 15.1. The highest BCUT2D eigenvalue weighted by molar-refractivity contribution is 7.69. The van der Waals surface area contributed by atoms with Crippen molar-refractivity contribution in [2.24, 2.45) is 0 Å². The van der Waals surface area contributed by atoms with Crippen molar-refractivity contribution in [1.82, 2.24) is 4.98 Å². The second-order valence-electron chi connectivity index (χ2n) is 4.43. The van der Waals surface area contributed by atoms with Crippen LogP contribution in [0, 0.1) is 0 Å². The van der Waals surface area contributed by atoms with Gasteiger partial charge in [0.15, 0.2) is 8.15 Å². The third kappa shape index (κ3) is 3.21. The fourth-order valence-electron chi connectivity index (χ4n) is 1.97. The molecule has 0 bridgehead atoms. The quantitative estimate of drug-likeness (QED) is 0.751. The van der Waals surface area contributed by atoms with Crippen molar-refractivity contribution in [1.29, 1.82) is 0 Å². The Hall–Kier alpha value is -2.38. The Labute approximate surface area is 124 Å². The Morgan fingerprint density at radius 1 is 0.810 bits per heavy atom. The number of rotatable bonds is 4. The van der Waals surface area contributed by atoms with Crippen LogP contribution in [0.15, 0.2) is 79.0 Å². The van der Waals surface area contributed by atoms with Crippen molar-refractivity contribution in [2.75, 3.05) is 0 Å². The first-order valence-corrected chi connectivity index (χ1v) is 7.86. The Kier molecular flexibility index (Phi) is 4.13. The van der Waals surface area contributed by atoms with Gasteiger partial charge in [0.25, 0.3) is 0 Å². The molecule has 0 saturated carbocycles. The van der Waals surface area contributed by atoms with E-state index in [9.17, 15) is 4.79 Å². The number of hydrogen-bond acceptors (Lipinski definition) is 2. The third-order valence-corrected chi connectivity index (χ3v) is 4.86. The van der Waals surface area contributed by atoms with Crippen LogP contribution in [0.5, 0.6) is 0 Å². The molecular weight excluding hydrogens is 281 g/mol. The molecular formula is C17H14NO2P. The molecule has 0 amide bonds. The molecule has 0 aliphatic rings. The summed E-state index contributed by atoms with van der Waals surface area (Å²) in [5.74, 6) is -0.334. The minimum atomic E-state index is -1.16. The van der Waals surface area contributed by atoms with Crippen molar-refractivity contribution in [3.63, 3.8) is 0 Å². The third-order valence-electron chi connectivity index (χ3n) is 2.97. The van der Waals surface area contributed by atoms with Crippen LogP contribution in [-0.4, -0.2) is 11.0 Å². The minimum Gasteiger partial charge on any atom is -0.430 e. The molecule has 1 aromatic heterocycles. The molecule has 104 valence electrons. The van der Waals surface area contributed by atoms with Gasteiger partial charge >= 0.3 is 5.97 Å². The Morgan fingerprint density at radius 3 is 1.86 bits per heavy atom. The van der Waals surface area contributed by atoms with Crippen molar-refractivity contribution in [2.45, 2.75) is 0 Å². The van der Waals surface area contributed by atoms with Gasteiger partial charge in [-0.3, -0.25) is 0 Å². The SMILES string of the molecule is O=C(OP(c1ccccc1)c1ccccc1)c1ccc[nH]1. The van der Waals surface area contributed by atoms with E-state index in [2.05, 4.69) is 4.98 Å². The normalized spacial score (nSPS) is 10.5. The fraction of sp³-hybridized carbons (Fsp3) is 0. The summed E-state index contributed by atoms with van der Waals surface area (Å²) in [5, 5.41) is 2.03. The molecule has 21 heavy (non-hydrogen) atoms. The van der Waals surface area contributed by atoms with E-state index in [1.165, 1.54) is 0 Å². The molecule has 4 heteroatoms. The average Bonchev–Trinajstić information content (AvgIpc) is 3.09. The molecule has 0 unspecified atom stereocenters. The highest BCUT2D eigenvalue weighted by Crippen LogP contribution is 2.35. The molecule has 1 N–H and O–H groups in total. The zero-order chi connectivity index (χ0) is 14.5. The van der Waals surface area contributed by atoms with Gasteiger partial charge in [0.2, 0.25) is 0 Å². The van der Waals surface area contributed by atoms with E-state index >= 15 is 0 Å². The van der Waals surface area contributed by atoms with Gasteiger partial charge in [-0.25, -0.2) is 4.79 Å². The van der Waals surface area contributed by atoms with Gasteiger partial charge in [-0.05, 0) is 12.1 Å². The highest BCUT2D eigenvalue weighted by atomic mass is 31.1. The lowest BCUT2D eigenvalue weighted by molar-refractivity contribution is 0.0753. The maximum absolute atomic E-state index is 12.2. The van der Waals surface area contributed by atoms with Gasteiger partial charge in [-0.2, -0.15) is 0 Å². The second kappa shape index (κ2) is 6.38. The van der Waals surface area contributed by atoms with Crippen LogP contribution in [0.3, 0.4) is 0 Å². The lowest BCUT2D eigenvalue weighted by Crippen LogP contribution is -2.16. The summed E-state index contributed by atoms with van der Waals surface area (Å²) in [5.41, 5.74) is 0.467. The maximum Gasteiger partial charge on any atom is 0.358 e. The first-order chi connectivity index (χ1) is 10.3. The monoisotopic (exact) mass is 295 g/mol. The molecule has 2 aromatic carbocycles. The first-order valence-electron chi connectivity index (χ1n) is 6.60. The summed E-state index contributed by atoms with van der Waals surface area (Å²) in [6, 6.07) is 23.2. The lowest BCUT2D eigenvalue weighted by atomic mass is 10.4. The molecule has 3 nitrogen and oxygen atoms in total. The lowest BCUT2D eigenvalue weighted by Gasteiger charge is -2.17. The predicted octanol–water partition coefficient (Wildman–Crippen LogP) is 3.22. The molecule has 0 saturated heterocycles. The summed E-state index contributed by atoms with van der Waals surface area (Å²) in [7, 11) is -1.16. The van der Waals surface area contributed by atoms with Crippen molar-refractivity contribution in [3.8, 4) is 0 Å². The van der Waals surface area contributed by atoms with Crippen LogP contribution in [0.4, 0.5) is 0 Å². The van der Waals surface area contributed by atoms with Gasteiger partial charge < -0.3 is 9.51 Å². The van der Waals surface area contributed by atoms with Crippen LogP contribution in [0.1, 0.15) is 10.5 Å². The van der Waals surface area contributed by atoms with E-state index in [1.54, 1.807) is 18.3 Å². The summed E-state index contributed by atoms with van der Waals surface area (Å²) < 4.78 is 5.76. The van der Waals surface area contributed by atoms with Crippen LogP contribution >= 0.6 is 8.15 Å². The molecule has 1 heterocycles. The summed E-state index contributed by atoms with van der Waals surface area (Å²) in [6.45, 7) is 0. The standard InChI is InChI=1S/C17H14NO2P/c19-17(16-12-7-13-18-16)20-21(14-8-3-1-4-9-14)15-10-5-2-6-11-15/h1-13,18H. The molecule has 0 radical (unpaired) electrons. The summed E-state index contributed by atoms with van der Waals surface area (Å²) >= 11 is 0. The number of carbonyl (C=O) groups excluding carboxylic acids is 1. The summed E-state index contributed by atoms with van der Waals surface area (Å²) in [6.07, 6.45) is 1.71. The second-order valence-corrected chi connectivity index (χ2v) is 6.23. The highest BCUT2D eigenvalue weighted by Gasteiger charge is 2.20. The number of nitrogens with one attached hydrogen (secondary N) is 1. The van der Waals surface area contributed by atoms with E-state index in [0.29, 0.717) is 5.69 Å². The van der Waals surface area contributed by atoms with Gasteiger partial charge in [0.1, 0.15) is 5.69 Å². The minimum absolute atomic E-state index is 0.334. The molecule has 0 aliphatic carbocycles. The fourth-order valence-corrected chi connectivity index (χ4v) is 3.63. The van der Waals surface area contributed by atoms with E-state index in [4.69, 9.17) is 4.52 Å². The van der Waals surface area contributed by atoms with Gasteiger partial charge in [0, 0.05) is 16.8 Å². The Morgan fingerprint density at radius 2 is 1.38 bits per heavy atom. The molecule has 3 aromatic rings. The smallest absolute Gasteiger partial charge is 0.358 e. The van der Waals surface area contributed by atoms with E-state index < -0.39 is 8.15 Å². The molecule has 0 atom stereocenters. The van der Waals surface area contributed by atoms with Gasteiger partial charge in [-0.15, -0.1) is 0 Å². The van der Waals surface area contributed by atoms with Crippen molar-refractivity contribution in [3.05, 3.63) is 84.7 Å². The number of H-pyrrole nitrogens is 1. The number of aromatic amines is 1. The number of hydrogen-bond donors (Lipinski definition) is 1. The molecule has 0 fully saturated rings.